The Hall–Kier alpha value is -3.04. The number of hydrogen-bond acceptors (Lipinski definition) is 8. The molecule has 0 aliphatic carbocycles. The number of benzene rings is 2. The first-order valence-corrected chi connectivity index (χ1v) is 11.7. The summed E-state index contributed by atoms with van der Waals surface area (Å²) in [5, 5.41) is 11.2. The van der Waals surface area contributed by atoms with Crippen molar-refractivity contribution in [2.24, 2.45) is 0 Å². The van der Waals surface area contributed by atoms with Crippen molar-refractivity contribution in [3.8, 4) is 5.75 Å². The number of para-hydroxylation sites is 1. The van der Waals surface area contributed by atoms with Crippen LogP contribution in [0.25, 0.3) is 0 Å². The third-order valence-electron chi connectivity index (χ3n) is 5.22. The van der Waals surface area contributed by atoms with E-state index in [1.165, 1.54) is 17.4 Å². The Bertz CT molecular complexity index is 988. The van der Waals surface area contributed by atoms with Gasteiger partial charge in [0, 0.05) is 37.6 Å². The van der Waals surface area contributed by atoms with E-state index in [0.717, 1.165) is 44.2 Å². The number of ether oxygens (including phenoxy) is 1. The van der Waals surface area contributed by atoms with E-state index in [1.54, 1.807) is 0 Å². The molecular weight excluding hydrogens is 426 g/mol. The van der Waals surface area contributed by atoms with E-state index in [9.17, 15) is 4.79 Å². The van der Waals surface area contributed by atoms with Gasteiger partial charge in [-0.05, 0) is 42.9 Å². The minimum absolute atomic E-state index is 0.125. The Morgan fingerprint density at radius 1 is 1.06 bits per heavy atom. The van der Waals surface area contributed by atoms with Crippen LogP contribution in [-0.2, 0) is 11.4 Å². The zero-order chi connectivity index (χ0) is 22.2. The molecule has 0 spiro atoms. The van der Waals surface area contributed by atoms with Gasteiger partial charge in [-0.2, -0.15) is 0 Å². The van der Waals surface area contributed by atoms with Gasteiger partial charge in [-0.25, -0.2) is 0 Å². The lowest BCUT2D eigenvalue weighted by Crippen LogP contribution is -2.46. The van der Waals surface area contributed by atoms with Crippen molar-refractivity contribution < 1.29 is 13.9 Å². The molecule has 2 heterocycles. The van der Waals surface area contributed by atoms with Crippen LogP contribution < -0.4 is 15.0 Å². The van der Waals surface area contributed by atoms with Crippen molar-refractivity contribution in [1.82, 2.24) is 15.1 Å². The molecule has 32 heavy (non-hydrogen) atoms. The van der Waals surface area contributed by atoms with Gasteiger partial charge in [-0.1, -0.05) is 36.9 Å². The number of aromatic nitrogens is 2. The molecule has 1 aromatic heterocycles. The molecule has 1 saturated heterocycles. The van der Waals surface area contributed by atoms with Crippen molar-refractivity contribution in [3.05, 3.63) is 60.5 Å². The topological polar surface area (TPSA) is 83.7 Å². The van der Waals surface area contributed by atoms with Gasteiger partial charge in [0.1, 0.15) is 5.75 Å². The summed E-state index contributed by atoms with van der Waals surface area (Å²) in [6.45, 7) is 7.71. The van der Waals surface area contributed by atoms with E-state index in [1.807, 2.05) is 42.5 Å². The van der Waals surface area contributed by atoms with Crippen LogP contribution in [0.4, 0.5) is 11.4 Å². The lowest BCUT2D eigenvalue weighted by molar-refractivity contribution is -0.113. The Morgan fingerprint density at radius 3 is 2.53 bits per heavy atom. The summed E-state index contributed by atoms with van der Waals surface area (Å²) < 4.78 is 11.1. The monoisotopic (exact) mass is 453 g/mol. The maximum absolute atomic E-state index is 12.3. The highest BCUT2D eigenvalue weighted by Crippen LogP contribution is 2.21. The van der Waals surface area contributed by atoms with Crippen LogP contribution in [0.2, 0.25) is 0 Å². The second kappa shape index (κ2) is 11.0. The van der Waals surface area contributed by atoms with Gasteiger partial charge < -0.3 is 24.3 Å². The molecule has 1 amide bonds. The number of piperazine rings is 1. The minimum atomic E-state index is -0.125. The number of amides is 1. The molecule has 1 aliphatic heterocycles. The molecule has 8 nitrogen and oxygen atoms in total. The molecule has 0 unspecified atom stereocenters. The summed E-state index contributed by atoms with van der Waals surface area (Å²) >= 11 is 1.20. The van der Waals surface area contributed by atoms with Gasteiger partial charge in [0.25, 0.3) is 11.1 Å². The standard InChI is InChI=1S/C23H27N5O3S/c1-2-27-12-14-28(15-13-27)19-10-8-18(9-11-19)24-21(29)17-32-23-26-25-22(31-23)16-30-20-6-4-3-5-7-20/h3-11H,2,12-17H2,1H3,(H,24,29). The molecule has 168 valence electrons. The van der Waals surface area contributed by atoms with Crippen LogP contribution in [0.1, 0.15) is 12.8 Å². The average molecular weight is 454 g/mol. The number of anilines is 2. The first-order valence-electron chi connectivity index (χ1n) is 10.7. The second-order valence-electron chi connectivity index (χ2n) is 7.37. The molecular formula is C23H27N5O3S. The Balaban J connectivity index is 1.20. The molecule has 9 heteroatoms. The summed E-state index contributed by atoms with van der Waals surface area (Å²) in [5.74, 6) is 1.15. The van der Waals surface area contributed by atoms with Crippen molar-refractivity contribution >= 4 is 29.0 Å². The number of rotatable bonds is 9. The van der Waals surface area contributed by atoms with Crippen molar-refractivity contribution in [1.29, 1.82) is 0 Å². The normalized spacial score (nSPS) is 14.3. The number of likely N-dealkylation sites (N-methyl/N-ethyl adjacent to an activating group) is 1. The zero-order valence-corrected chi connectivity index (χ0v) is 18.9. The fourth-order valence-corrected chi connectivity index (χ4v) is 4.00. The lowest BCUT2D eigenvalue weighted by Gasteiger charge is -2.35. The van der Waals surface area contributed by atoms with Gasteiger partial charge >= 0.3 is 0 Å². The highest BCUT2D eigenvalue weighted by Gasteiger charge is 2.16. The van der Waals surface area contributed by atoms with E-state index >= 15 is 0 Å². The number of nitrogens with zero attached hydrogens (tertiary/aromatic N) is 4. The quantitative estimate of drug-likeness (QED) is 0.493. The van der Waals surface area contributed by atoms with Gasteiger partial charge in [0.2, 0.25) is 5.91 Å². The largest absolute Gasteiger partial charge is 0.484 e. The Kier molecular flexibility index (Phi) is 7.63. The van der Waals surface area contributed by atoms with E-state index in [4.69, 9.17) is 9.15 Å². The van der Waals surface area contributed by atoms with Crippen LogP contribution in [0.15, 0.2) is 64.2 Å². The molecule has 0 bridgehead atoms. The van der Waals surface area contributed by atoms with Gasteiger partial charge in [0.15, 0.2) is 6.61 Å². The van der Waals surface area contributed by atoms with E-state index in [0.29, 0.717) is 11.1 Å². The van der Waals surface area contributed by atoms with Crippen molar-refractivity contribution in [2.75, 3.05) is 48.7 Å². The second-order valence-corrected chi connectivity index (χ2v) is 8.30. The third kappa shape index (κ3) is 6.24. The summed E-state index contributed by atoms with van der Waals surface area (Å²) in [6.07, 6.45) is 0. The number of carbonyl (C=O) groups is 1. The molecule has 1 aliphatic rings. The summed E-state index contributed by atoms with van der Waals surface area (Å²) in [7, 11) is 0. The number of thioether (sulfide) groups is 1. The molecule has 0 atom stereocenters. The van der Waals surface area contributed by atoms with Crippen molar-refractivity contribution in [2.45, 2.75) is 18.8 Å². The summed E-state index contributed by atoms with van der Waals surface area (Å²) in [4.78, 5) is 17.1. The predicted octanol–water partition coefficient (Wildman–Crippen LogP) is 3.52. The maximum Gasteiger partial charge on any atom is 0.277 e. The van der Waals surface area contributed by atoms with E-state index in [2.05, 4.69) is 44.4 Å². The Morgan fingerprint density at radius 2 is 1.81 bits per heavy atom. The number of carbonyl (C=O) groups excluding carboxylic acids is 1. The first kappa shape index (κ1) is 22.2. The molecule has 4 rings (SSSR count). The van der Waals surface area contributed by atoms with Crippen molar-refractivity contribution in [3.63, 3.8) is 0 Å². The third-order valence-corrected chi connectivity index (χ3v) is 6.03. The van der Waals surface area contributed by atoms with Gasteiger partial charge in [-0.15, -0.1) is 10.2 Å². The lowest BCUT2D eigenvalue weighted by atomic mass is 10.2. The highest BCUT2D eigenvalue weighted by atomic mass is 32.2. The molecule has 1 N–H and O–H groups in total. The van der Waals surface area contributed by atoms with Gasteiger partial charge in [-0.3, -0.25) is 4.79 Å². The molecule has 0 saturated carbocycles. The maximum atomic E-state index is 12.3. The van der Waals surface area contributed by atoms with Crippen LogP contribution in [-0.4, -0.2) is 59.5 Å². The summed E-state index contributed by atoms with van der Waals surface area (Å²) in [5.41, 5.74) is 1.96. The van der Waals surface area contributed by atoms with Crippen LogP contribution in [0, 0.1) is 0 Å². The smallest absolute Gasteiger partial charge is 0.277 e. The fraction of sp³-hybridized carbons (Fsp3) is 0.348. The van der Waals surface area contributed by atoms with Crippen LogP contribution in [0.5, 0.6) is 5.75 Å². The summed E-state index contributed by atoms with van der Waals surface area (Å²) in [6, 6.07) is 17.4. The molecule has 2 aromatic carbocycles. The van der Waals surface area contributed by atoms with Crippen LogP contribution >= 0.6 is 11.8 Å². The van der Waals surface area contributed by atoms with Crippen LogP contribution in [0.3, 0.4) is 0 Å². The predicted molar refractivity (Wildman–Crippen MR) is 125 cm³/mol. The SMILES string of the molecule is CCN1CCN(c2ccc(NC(=O)CSc3nnc(COc4ccccc4)o3)cc2)CC1. The molecule has 0 radical (unpaired) electrons. The fourth-order valence-electron chi connectivity index (χ4n) is 3.42. The molecule has 1 fully saturated rings. The first-order chi connectivity index (χ1) is 15.7. The highest BCUT2D eigenvalue weighted by molar-refractivity contribution is 7.99. The minimum Gasteiger partial charge on any atom is -0.484 e. The van der Waals surface area contributed by atoms with E-state index < -0.39 is 0 Å². The number of hydrogen-bond donors (Lipinski definition) is 1. The average Bonchev–Trinajstić information content (AvgIpc) is 3.31. The Labute approximate surface area is 191 Å². The van der Waals surface area contributed by atoms with E-state index in [-0.39, 0.29) is 18.3 Å². The van der Waals surface area contributed by atoms with Gasteiger partial charge in [0.05, 0.1) is 5.75 Å². The molecule has 3 aromatic rings. The zero-order valence-electron chi connectivity index (χ0n) is 18.1. The number of nitrogens with one attached hydrogen (secondary N) is 1.